The van der Waals surface area contributed by atoms with Gasteiger partial charge in [-0.15, -0.1) is 0 Å². The SMILES string of the molecule is COc1ccc(S(=O)(=O)NCCCc2ccc(F)cc2)c(Cl)c1Cl. The zero-order valence-corrected chi connectivity index (χ0v) is 15.2. The fourth-order valence-corrected chi connectivity index (χ4v) is 4.02. The first kappa shape index (κ1) is 19.0. The molecule has 2 aromatic rings. The van der Waals surface area contributed by atoms with Crippen molar-refractivity contribution in [2.45, 2.75) is 17.7 Å². The lowest BCUT2D eigenvalue weighted by Crippen LogP contribution is -2.25. The van der Waals surface area contributed by atoms with Gasteiger partial charge in [-0.25, -0.2) is 17.5 Å². The molecule has 0 atom stereocenters. The average molecular weight is 392 g/mol. The third kappa shape index (κ3) is 4.60. The molecule has 0 unspecified atom stereocenters. The molecule has 0 aliphatic heterocycles. The minimum absolute atomic E-state index is 0.0494. The lowest BCUT2D eigenvalue weighted by molar-refractivity contribution is 0.414. The van der Waals surface area contributed by atoms with E-state index in [1.54, 1.807) is 12.1 Å². The Balaban J connectivity index is 1.99. The van der Waals surface area contributed by atoms with Crippen LogP contribution in [0, 0.1) is 5.82 Å². The minimum Gasteiger partial charge on any atom is -0.495 e. The van der Waals surface area contributed by atoms with Gasteiger partial charge < -0.3 is 4.74 Å². The molecule has 0 heterocycles. The van der Waals surface area contributed by atoms with Gasteiger partial charge in [-0.2, -0.15) is 0 Å². The maximum Gasteiger partial charge on any atom is 0.242 e. The topological polar surface area (TPSA) is 55.4 Å². The number of ether oxygens (including phenoxy) is 1. The van der Waals surface area contributed by atoms with Gasteiger partial charge in [0.05, 0.1) is 12.1 Å². The molecule has 0 radical (unpaired) electrons. The van der Waals surface area contributed by atoms with Gasteiger partial charge in [-0.3, -0.25) is 0 Å². The van der Waals surface area contributed by atoms with E-state index in [1.807, 2.05) is 0 Å². The van der Waals surface area contributed by atoms with Gasteiger partial charge in [0.25, 0.3) is 0 Å². The molecule has 1 N–H and O–H groups in total. The van der Waals surface area contributed by atoms with E-state index in [2.05, 4.69) is 4.72 Å². The highest BCUT2D eigenvalue weighted by Crippen LogP contribution is 2.36. The highest BCUT2D eigenvalue weighted by molar-refractivity contribution is 7.89. The Kier molecular flexibility index (Phi) is 6.46. The van der Waals surface area contributed by atoms with Crippen molar-refractivity contribution in [3.63, 3.8) is 0 Å². The zero-order chi connectivity index (χ0) is 17.7. The summed E-state index contributed by atoms with van der Waals surface area (Å²) in [7, 11) is -2.37. The van der Waals surface area contributed by atoms with Crippen molar-refractivity contribution >= 4 is 33.2 Å². The Hall–Kier alpha value is -1.34. The molecular weight excluding hydrogens is 376 g/mol. The van der Waals surface area contributed by atoms with Crippen LogP contribution < -0.4 is 9.46 Å². The number of hydrogen-bond donors (Lipinski definition) is 1. The monoisotopic (exact) mass is 391 g/mol. The smallest absolute Gasteiger partial charge is 0.242 e. The average Bonchev–Trinajstić information content (AvgIpc) is 2.55. The van der Waals surface area contributed by atoms with Crippen LogP contribution >= 0.6 is 23.2 Å². The molecule has 130 valence electrons. The Labute approximate surface area is 150 Å². The molecule has 0 saturated carbocycles. The van der Waals surface area contributed by atoms with Crippen molar-refractivity contribution in [2.75, 3.05) is 13.7 Å². The Morgan fingerprint density at radius 1 is 1.08 bits per heavy atom. The Bertz CT molecular complexity index is 811. The fraction of sp³-hybridized carbons (Fsp3) is 0.250. The summed E-state index contributed by atoms with van der Waals surface area (Å²) in [5.41, 5.74) is 0.932. The summed E-state index contributed by atoms with van der Waals surface area (Å²) in [6.45, 7) is 0.222. The van der Waals surface area contributed by atoms with Crippen LogP contribution in [0.25, 0.3) is 0 Å². The number of aryl methyl sites for hydroxylation is 1. The standard InChI is InChI=1S/C16H16Cl2FNO3S/c1-23-13-8-9-14(16(18)15(13)17)24(21,22)20-10-2-3-11-4-6-12(19)7-5-11/h4-9,20H,2-3,10H2,1H3. The number of rotatable bonds is 7. The summed E-state index contributed by atoms with van der Waals surface area (Å²) in [6.07, 6.45) is 1.19. The number of halogens is 3. The van der Waals surface area contributed by atoms with Crippen molar-refractivity contribution in [3.05, 3.63) is 57.8 Å². The largest absolute Gasteiger partial charge is 0.495 e. The molecule has 0 aliphatic rings. The van der Waals surface area contributed by atoms with E-state index in [-0.39, 0.29) is 27.3 Å². The molecule has 0 amide bonds. The van der Waals surface area contributed by atoms with E-state index < -0.39 is 10.0 Å². The summed E-state index contributed by atoms with van der Waals surface area (Å²) in [4.78, 5) is -0.100. The van der Waals surface area contributed by atoms with Crippen molar-refractivity contribution < 1.29 is 17.5 Å². The van der Waals surface area contributed by atoms with E-state index in [0.717, 1.165) is 5.56 Å². The summed E-state index contributed by atoms with van der Waals surface area (Å²) < 4.78 is 44.9. The number of sulfonamides is 1. The maximum atomic E-state index is 12.8. The lowest BCUT2D eigenvalue weighted by Gasteiger charge is -2.11. The van der Waals surface area contributed by atoms with Crippen molar-refractivity contribution in [1.82, 2.24) is 4.72 Å². The van der Waals surface area contributed by atoms with E-state index in [4.69, 9.17) is 27.9 Å². The number of benzene rings is 2. The molecular formula is C16H16Cl2FNO3S. The maximum absolute atomic E-state index is 12.8. The number of methoxy groups -OCH3 is 1. The normalized spacial score (nSPS) is 11.5. The molecule has 4 nitrogen and oxygen atoms in total. The lowest BCUT2D eigenvalue weighted by atomic mass is 10.1. The second kappa shape index (κ2) is 8.16. The van der Waals surface area contributed by atoms with Crippen LogP contribution in [0.1, 0.15) is 12.0 Å². The van der Waals surface area contributed by atoms with Crippen molar-refractivity contribution in [2.24, 2.45) is 0 Å². The summed E-state index contributed by atoms with van der Waals surface area (Å²) in [5.74, 6) is 0.00223. The molecule has 0 aliphatic carbocycles. The van der Waals surface area contributed by atoms with Crippen LogP contribution in [0.2, 0.25) is 10.0 Å². The third-order valence-electron chi connectivity index (χ3n) is 3.37. The van der Waals surface area contributed by atoms with Gasteiger partial charge in [0, 0.05) is 6.54 Å². The van der Waals surface area contributed by atoms with Gasteiger partial charge in [0.1, 0.15) is 21.5 Å². The van der Waals surface area contributed by atoms with Crippen LogP contribution in [0.4, 0.5) is 4.39 Å². The van der Waals surface area contributed by atoms with Gasteiger partial charge in [-0.05, 0) is 42.7 Å². The van der Waals surface area contributed by atoms with Crippen LogP contribution in [0.15, 0.2) is 41.3 Å². The summed E-state index contributed by atoms with van der Waals surface area (Å²) >= 11 is 12.0. The highest BCUT2D eigenvalue weighted by Gasteiger charge is 2.21. The first-order valence-corrected chi connectivity index (χ1v) is 9.35. The first-order chi connectivity index (χ1) is 11.3. The van der Waals surface area contributed by atoms with Gasteiger partial charge in [0.15, 0.2) is 0 Å². The number of hydrogen-bond acceptors (Lipinski definition) is 3. The molecule has 0 aromatic heterocycles. The predicted molar refractivity (Wildman–Crippen MR) is 92.9 cm³/mol. The number of nitrogens with one attached hydrogen (secondary N) is 1. The molecule has 0 bridgehead atoms. The molecule has 0 spiro atoms. The quantitative estimate of drug-likeness (QED) is 0.724. The van der Waals surface area contributed by atoms with Crippen LogP contribution in [-0.4, -0.2) is 22.1 Å². The molecule has 2 aromatic carbocycles. The van der Waals surface area contributed by atoms with E-state index in [0.29, 0.717) is 18.6 Å². The van der Waals surface area contributed by atoms with Crippen molar-refractivity contribution in [3.8, 4) is 5.75 Å². The third-order valence-corrected chi connectivity index (χ3v) is 5.85. The van der Waals surface area contributed by atoms with E-state index in [9.17, 15) is 12.8 Å². The molecule has 0 saturated heterocycles. The van der Waals surface area contributed by atoms with Crippen LogP contribution in [0.5, 0.6) is 5.75 Å². The predicted octanol–water partition coefficient (Wildman–Crippen LogP) is 4.05. The molecule has 24 heavy (non-hydrogen) atoms. The summed E-state index contributed by atoms with van der Waals surface area (Å²) in [6, 6.07) is 8.88. The molecule has 8 heteroatoms. The molecule has 0 fully saturated rings. The van der Waals surface area contributed by atoms with Gasteiger partial charge in [-0.1, -0.05) is 35.3 Å². The minimum atomic E-state index is -3.78. The summed E-state index contributed by atoms with van der Waals surface area (Å²) in [5, 5.41) is -0.0320. The molecule has 2 rings (SSSR count). The Morgan fingerprint density at radius 2 is 1.75 bits per heavy atom. The van der Waals surface area contributed by atoms with E-state index in [1.165, 1.54) is 31.4 Å². The first-order valence-electron chi connectivity index (χ1n) is 7.11. The van der Waals surface area contributed by atoms with E-state index >= 15 is 0 Å². The Morgan fingerprint density at radius 3 is 2.38 bits per heavy atom. The van der Waals surface area contributed by atoms with Crippen LogP contribution in [0.3, 0.4) is 0 Å². The van der Waals surface area contributed by atoms with Crippen molar-refractivity contribution in [1.29, 1.82) is 0 Å². The van der Waals surface area contributed by atoms with Gasteiger partial charge in [0.2, 0.25) is 10.0 Å². The van der Waals surface area contributed by atoms with Gasteiger partial charge >= 0.3 is 0 Å². The second-order valence-electron chi connectivity index (χ2n) is 5.02. The second-order valence-corrected chi connectivity index (χ2v) is 7.51. The zero-order valence-electron chi connectivity index (χ0n) is 12.9. The van der Waals surface area contributed by atoms with Crippen LogP contribution in [-0.2, 0) is 16.4 Å². The fourth-order valence-electron chi connectivity index (χ4n) is 2.11. The highest BCUT2D eigenvalue weighted by atomic mass is 35.5.